The van der Waals surface area contributed by atoms with E-state index < -0.39 is 0 Å². The van der Waals surface area contributed by atoms with E-state index >= 15 is 0 Å². The number of nitrogens with two attached hydrogens (primary N) is 1. The molecule has 1 saturated heterocycles. The first-order valence-electron chi connectivity index (χ1n) is 5.30. The Morgan fingerprint density at radius 3 is 2.80 bits per heavy atom. The van der Waals surface area contributed by atoms with Gasteiger partial charge >= 0.3 is 0 Å². The summed E-state index contributed by atoms with van der Waals surface area (Å²) < 4.78 is 1.12. The van der Waals surface area contributed by atoms with Crippen molar-refractivity contribution in [2.24, 2.45) is 11.7 Å². The van der Waals surface area contributed by atoms with E-state index in [1.165, 1.54) is 30.9 Å². The largest absolute Gasteiger partial charge is 0.330 e. The monoisotopic (exact) mass is 289 g/mol. The molecule has 2 rings (SSSR count). The van der Waals surface area contributed by atoms with Crippen LogP contribution in [0.3, 0.4) is 0 Å². The molecule has 0 aromatic carbocycles. The van der Waals surface area contributed by atoms with E-state index in [-0.39, 0.29) is 0 Å². The average molecular weight is 290 g/mol. The Hall–Kier alpha value is 0.0300. The van der Waals surface area contributed by atoms with Crippen molar-refractivity contribution in [3.63, 3.8) is 0 Å². The summed E-state index contributed by atoms with van der Waals surface area (Å²) in [6, 6.07) is 0. The quantitative estimate of drug-likeness (QED) is 0.926. The van der Waals surface area contributed by atoms with Crippen LogP contribution in [0.25, 0.3) is 0 Å². The molecule has 0 saturated carbocycles. The summed E-state index contributed by atoms with van der Waals surface area (Å²) in [4.78, 5) is 6.82. The van der Waals surface area contributed by atoms with Crippen molar-refractivity contribution >= 4 is 27.3 Å². The van der Waals surface area contributed by atoms with Gasteiger partial charge in [0.1, 0.15) is 5.01 Å². The summed E-state index contributed by atoms with van der Waals surface area (Å²) in [5.74, 6) is 0.740. The number of nitrogens with zero attached hydrogens (tertiary/aromatic N) is 2. The number of halogens is 1. The summed E-state index contributed by atoms with van der Waals surface area (Å²) in [7, 11) is 0. The third kappa shape index (κ3) is 3.24. The van der Waals surface area contributed by atoms with Gasteiger partial charge in [-0.25, -0.2) is 4.98 Å². The minimum absolute atomic E-state index is 0.740. The molecule has 1 fully saturated rings. The van der Waals surface area contributed by atoms with Crippen molar-refractivity contribution in [3.8, 4) is 0 Å². The maximum atomic E-state index is 5.67. The van der Waals surface area contributed by atoms with Crippen LogP contribution in [0.2, 0.25) is 0 Å². The summed E-state index contributed by atoms with van der Waals surface area (Å²) >= 11 is 5.17. The van der Waals surface area contributed by atoms with Crippen LogP contribution >= 0.6 is 27.3 Å². The average Bonchev–Trinajstić information content (AvgIpc) is 2.65. The van der Waals surface area contributed by atoms with Crippen LogP contribution in [0.15, 0.2) is 9.98 Å². The standard InChI is InChI=1S/C10H16BrN3S/c11-9-6-13-10(15-9)7-14-3-1-8(5-12)2-4-14/h6,8H,1-5,7,12H2. The molecule has 0 spiro atoms. The molecule has 1 aromatic heterocycles. The Morgan fingerprint density at radius 1 is 1.53 bits per heavy atom. The van der Waals surface area contributed by atoms with Crippen molar-refractivity contribution in [1.29, 1.82) is 0 Å². The van der Waals surface area contributed by atoms with Crippen molar-refractivity contribution < 1.29 is 0 Å². The molecule has 0 unspecified atom stereocenters. The first-order chi connectivity index (χ1) is 7.28. The number of thiazole rings is 1. The highest BCUT2D eigenvalue weighted by Crippen LogP contribution is 2.22. The van der Waals surface area contributed by atoms with Gasteiger partial charge in [0.2, 0.25) is 0 Å². The molecule has 5 heteroatoms. The van der Waals surface area contributed by atoms with Crippen molar-refractivity contribution in [2.75, 3.05) is 19.6 Å². The van der Waals surface area contributed by atoms with Crippen LogP contribution in [0.4, 0.5) is 0 Å². The summed E-state index contributed by atoms with van der Waals surface area (Å²) in [5.41, 5.74) is 5.67. The Balaban J connectivity index is 1.82. The van der Waals surface area contributed by atoms with Crippen molar-refractivity contribution in [2.45, 2.75) is 19.4 Å². The molecule has 0 radical (unpaired) electrons. The molecule has 0 aliphatic carbocycles. The molecule has 0 atom stereocenters. The van der Waals surface area contributed by atoms with Gasteiger partial charge in [0.25, 0.3) is 0 Å². The second-order valence-electron chi connectivity index (χ2n) is 4.01. The Kier molecular flexibility index (Phi) is 4.13. The van der Waals surface area contributed by atoms with E-state index in [0.717, 1.165) is 22.8 Å². The Labute approximate surface area is 103 Å². The molecule has 3 nitrogen and oxygen atoms in total. The predicted octanol–water partition coefficient (Wildman–Crippen LogP) is 2.08. The maximum absolute atomic E-state index is 5.67. The van der Waals surface area contributed by atoms with Gasteiger partial charge in [0.15, 0.2) is 0 Å². The topological polar surface area (TPSA) is 42.1 Å². The molecule has 84 valence electrons. The molecular weight excluding hydrogens is 274 g/mol. The fraction of sp³-hybridized carbons (Fsp3) is 0.700. The van der Waals surface area contributed by atoms with Gasteiger partial charge in [0, 0.05) is 0 Å². The number of aromatic nitrogens is 1. The van der Waals surface area contributed by atoms with Crippen LogP contribution in [-0.2, 0) is 6.54 Å². The third-order valence-corrected chi connectivity index (χ3v) is 4.39. The van der Waals surface area contributed by atoms with Crippen molar-refractivity contribution in [1.82, 2.24) is 9.88 Å². The first-order valence-corrected chi connectivity index (χ1v) is 6.91. The van der Waals surface area contributed by atoms with E-state index in [0.29, 0.717) is 0 Å². The number of piperidine rings is 1. The zero-order valence-corrected chi connectivity index (χ0v) is 11.1. The molecule has 2 heterocycles. The molecule has 1 aliphatic rings. The SMILES string of the molecule is NCC1CCN(Cc2ncc(Br)s2)CC1. The number of likely N-dealkylation sites (tertiary alicyclic amines) is 1. The molecule has 2 N–H and O–H groups in total. The fourth-order valence-electron chi connectivity index (χ4n) is 1.93. The number of hydrogen-bond donors (Lipinski definition) is 1. The lowest BCUT2D eigenvalue weighted by Gasteiger charge is -2.30. The lowest BCUT2D eigenvalue weighted by molar-refractivity contribution is 0.180. The van der Waals surface area contributed by atoms with Gasteiger partial charge in [0.05, 0.1) is 16.5 Å². The van der Waals surface area contributed by atoms with Crippen LogP contribution < -0.4 is 5.73 Å². The zero-order valence-electron chi connectivity index (χ0n) is 8.66. The second-order valence-corrected chi connectivity index (χ2v) is 6.51. The summed E-state index contributed by atoms with van der Waals surface area (Å²) in [6.45, 7) is 4.17. The summed E-state index contributed by atoms with van der Waals surface area (Å²) in [6.07, 6.45) is 4.36. The summed E-state index contributed by atoms with van der Waals surface area (Å²) in [5, 5.41) is 1.20. The van der Waals surface area contributed by atoms with Crippen LogP contribution in [0.5, 0.6) is 0 Å². The Bertz CT molecular complexity index is 307. The van der Waals surface area contributed by atoms with Gasteiger partial charge in [-0.05, 0) is 54.3 Å². The van der Waals surface area contributed by atoms with E-state index in [9.17, 15) is 0 Å². The van der Waals surface area contributed by atoms with Gasteiger partial charge in [-0.3, -0.25) is 4.90 Å². The van der Waals surface area contributed by atoms with Gasteiger partial charge < -0.3 is 5.73 Å². The zero-order chi connectivity index (χ0) is 10.7. The van der Waals surface area contributed by atoms with Crippen LogP contribution in [0, 0.1) is 5.92 Å². The molecule has 0 amide bonds. The van der Waals surface area contributed by atoms with Gasteiger partial charge in [-0.1, -0.05) is 0 Å². The van der Waals surface area contributed by atoms with Crippen molar-refractivity contribution in [3.05, 3.63) is 15.0 Å². The van der Waals surface area contributed by atoms with E-state index in [2.05, 4.69) is 25.8 Å². The van der Waals surface area contributed by atoms with E-state index in [1.54, 1.807) is 11.3 Å². The molecule has 0 bridgehead atoms. The van der Waals surface area contributed by atoms with Gasteiger partial charge in [-0.15, -0.1) is 11.3 Å². The lowest BCUT2D eigenvalue weighted by Crippen LogP contribution is -2.35. The van der Waals surface area contributed by atoms with E-state index in [1.807, 2.05) is 6.20 Å². The molecule has 1 aromatic rings. The molecule has 1 aliphatic heterocycles. The first kappa shape index (κ1) is 11.5. The van der Waals surface area contributed by atoms with Crippen LogP contribution in [-0.4, -0.2) is 29.5 Å². The highest BCUT2D eigenvalue weighted by atomic mass is 79.9. The molecular formula is C10H16BrN3S. The van der Waals surface area contributed by atoms with Crippen LogP contribution in [0.1, 0.15) is 17.8 Å². The van der Waals surface area contributed by atoms with E-state index in [4.69, 9.17) is 5.73 Å². The lowest BCUT2D eigenvalue weighted by atomic mass is 9.97. The normalized spacial score (nSPS) is 19.6. The third-order valence-electron chi connectivity index (χ3n) is 2.92. The van der Waals surface area contributed by atoms with Gasteiger partial charge in [-0.2, -0.15) is 0 Å². The fourth-order valence-corrected chi connectivity index (χ4v) is 3.28. The smallest absolute Gasteiger partial charge is 0.108 e. The minimum Gasteiger partial charge on any atom is -0.330 e. The number of hydrogen-bond acceptors (Lipinski definition) is 4. The predicted molar refractivity (Wildman–Crippen MR) is 66.9 cm³/mol. The number of rotatable bonds is 3. The second kappa shape index (κ2) is 5.39. The maximum Gasteiger partial charge on any atom is 0.108 e. The molecule has 15 heavy (non-hydrogen) atoms. The Morgan fingerprint density at radius 2 is 2.27 bits per heavy atom. The highest BCUT2D eigenvalue weighted by Gasteiger charge is 2.18. The minimum atomic E-state index is 0.740. The highest BCUT2D eigenvalue weighted by molar-refractivity contribution is 9.11.